The first-order valence-electron chi connectivity index (χ1n) is 6.81. The van der Waals surface area contributed by atoms with E-state index in [-0.39, 0.29) is 6.10 Å². The van der Waals surface area contributed by atoms with Crippen molar-refractivity contribution >= 4 is 27.5 Å². The van der Waals surface area contributed by atoms with Crippen LogP contribution in [0.4, 0.5) is 5.95 Å². The molecule has 0 aliphatic carbocycles. The summed E-state index contributed by atoms with van der Waals surface area (Å²) >= 11 is 1.65. The molecule has 1 saturated heterocycles. The van der Waals surface area contributed by atoms with Gasteiger partial charge in [0.15, 0.2) is 0 Å². The molecule has 0 spiro atoms. The van der Waals surface area contributed by atoms with Crippen LogP contribution in [0.15, 0.2) is 6.07 Å². The van der Waals surface area contributed by atoms with Gasteiger partial charge >= 0.3 is 0 Å². The minimum atomic E-state index is 0.150. The van der Waals surface area contributed by atoms with E-state index in [9.17, 15) is 0 Å². The number of anilines is 1. The van der Waals surface area contributed by atoms with Gasteiger partial charge in [0.2, 0.25) is 11.8 Å². The molecule has 2 aromatic rings. The Labute approximate surface area is 121 Å². The van der Waals surface area contributed by atoms with Crippen molar-refractivity contribution < 1.29 is 9.47 Å². The second-order valence-corrected chi connectivity index (χ2v) is 5.83. The number of nitrogens with one attached hydrogen (secondary N) is 1. The van der Waals surface area contributed by atoms with E-state index in [0.717, 1.165) is 42.7 Å². The van der Waals surface area contributed by atoms with Crippen LogP contribution in [0.2, 0.25) is 0 Å². The molecule has 3 heterocycles. The molecule has 2 aromatic heterocycles. The number of ether oxygens (including phenoxy) is 2. The SMILES string of the molecule is CCc1cc2c(OC3CCOCC3)nc(NN)nc2s1. The molecule has 108 valence electrons. The van der Waals surface area contributed by atoms with Gasteiger partial charge in [-0.25, -0.2) is 10.8 Å². The van der Waals surface area contributed by atoms with Gasteiger partial charge in [-0.3, -0.25) is 5.43 Å². The number of nitrogen functional groups attached to an aromatic ring is 1. The molecule has 0 bridgehead atoms. The predicted molar refractivity (Wildman–Crippen MR) is 79.1 cm³/mol. The lowest BCUT2D eigenvalue weighted by atomic mass is 10.1. The van der Waals surface area contributed by atoms with Crippen LogP contribution in [0.25, 0.3) is 10.2 Å². The Bertz CT molecular complexity index is 595. The molecule has 0 atom stereocenters. The van der Waals surface area contributed by atoms with Crippen molar-refractivity contribution in [3.05, 3.63) is 10.9 Å². The molecule has 0 unspecified atom stereocenters. The number of hydrogen-bond donors (Lipinski definition) is 2. The van der Waals surface area contributed by atoms with Gasteiger partial charge in [-0.15, -0.1) is 11.3 Å². The molecule has 1 aliphatic rings. The fraction of sp³-hybridized carbons (Fsp3) is 0.538. The van der Waals surface area contributed by atoms with Gasteiger partial charge in [0, 0.05) is 17.7 Å². The van der Waals surface area contributed by atoms with E-state index < -0.39 is 0 Å². The van der Waals surface area contributed by atoms with Crippen LogP contribution in [0.1, 0.15) is 24.6 Å². The highest BCUT2D eigenvalue weighted by Crippen LogP contribution is 2.32. The topological polar surface area (TPSA) is 82.3 Å². The zero-order valence-electron chi connectivity index (χ0n) is 11.4. The number of hydrazine groups is 1. The number of aryl methyl sites for hydroxylation is 1. The normalized spacial score (nSPS) is 16.5. The minimum Gasteiger partial charge on any atom is -0.474 e. The van der Waals surface area contributed by atoms with Gasteiger partial charge in [-0.05, 0) is 12.5 Å². The monoisotopic (exact) mass is 294 g/mol. The number of nitrogens with zero attached hydrogens (tertiary/aromatic N) is 2. The Kier molecular flexibility index (Phi) is 4.00. The van der Waals surface area contributed by atoms with Gasteiger partial charge in [0.05, 0.1) is 18.6 Å². The summed E-state index contributed by atoms with van der Waals surface area (Å²) in [5, 5.41) is 0.970. The zero-order valence-corrected chi connectivity index (χ0v) is 12.2. The summed E-state index contributed by atoms with van der Waals surface area (Å²) in [6.45, 7) is 3.61. The predicted octanol–water partition coefficient (Wildman–Crippen LogP) is 2.10. The highest BCUT2D eigenvalue weighted by Gasteiger charge is 2.19. The van der Waals surface area contributed by atoms with Crippen LogP contribution in [-0.4, -0.2) is 29.3 Å². The van der Waals surface area contributed by atoms with Crippen LogP contribution in [0.5, 0.6) is 5.88 Å². The van der Waals surface area contributed by atoms with Crippen LogP contribution in [-0.2, 0) is 11.2 Å². The summed E-state index contributed by atoms with van der Waals surface area (Å²) in [5.74, 6) is 6.45. The quantitative estimate of drug-likeness (QED) is 0.664. The Balaban J connectivity index is 1.95. The smallest absolute Gasteiger partial charge is 0.241 e. The van der Waals surface area contributed by atoms with E-state index in [1.54, 1.807) is 11.3 Å². The fourth-order valence-corrected chi connectivity index (χ4v) is 3.18. The van der Waals surface area contributed by atoms with E-state index in [1.165, 1.54) is 4.88 Å². The molecule has 7 heteroatoms. The van der Waals surface area contributed by atoms with Gasteiger partial charge in [0.25, 0.3) is 0 Å². The second-order valence-electron chi connectivity index (χ2n) is 4.71. The molecular formula is C13H18N4O2S. The Morgan fingerprint density at radius 3 is 2.95 bits per heavy atom. The average molecular weight is 294 g/mol. The highest BCUT2D eigenvalue weighted by molar-refractivity contribution is 7.18. The molecular weight excluding hydrogens is 276 g/mol. The molecule has 3 rings (SSSR count). The summed E-state index contributed by atoms with van der Waals surface area (Å²) < 4.78 is 11.4. The van der Waals surface area contributed by atoms with Crippen LogP contribution in [0.3, 0.4) is 0 Å². The van der Waals surface area contributed by atoms with E-state index >= 15 is 0 Å². The van der Waals surface area contributed by atoms with Crippen molar-refractivity contribution in [1.29, 1.82) is 0 Å². The minimum absolute atomic E-state index is 0.150. The fourth-order valence-electron chi connectivity index (χ4n) is 2.23. The Morgan fingerprint density at radius 2 is 2.25 bits per heavy atom. The third-order valence-electron chi connectivity index (χ3n) is 3.33. The van der Waals surface area contributed by atoms with Crippen LogP contribution >= 0.6 is 11.3 Å². The van der Waals surface area contributed by atoms with E-state index in [0.29, 0.717) is 11.8 Å². The zero-order chi connectivity index (χ0) is 13.9. The summed E-state index contributed by atoms with van der Waals surface area (Å²) in [6.07, 6.45) is 2.91. The van der Waals surface area contributed by atoms with E-state index in [4.69, 9.17) is 15.3 Å². The van der Waals surface area contributed by atoms with E-state index in [1.807, 2.05) is 0 Å². The molecule has 6 nitrogen and oxygen atoms in total. The lowest BCUT2D eigenvalue weighted by Crippen LogP contribution is -2.26. The molecule has 3 N–H and O–H groups in total. The molecule has 0 amide bonds. The summed E-state index contributed by atoms with van der Waals surface area (Å²) in [7, 11) is 0. The molecule has 20 heavy (non-hydrogen) atoms. The van der Waals surface area contributed by atoms with Crippen LogP contribution < -0.4 is 16.0 Å². The molecule has 1 fully saturated rings. The first-order valence-corrected chi connectivity index (χ1v) is 7.63. The van der Waals surface area contributed by atoms with Gasteiger partial charge in [-0.1, -0.05) is 6.92 Å². The standard InChI is InChI=1S/C13H18N4O2S/c1-2-9-7-10-11(19-8-3-5-18-6-4-8)15-13(17-14)16-12(10)20-9/h7-8H,2-6,14H2,1H3,(H,15,16,17). The Hall–Kier alpha value is -1.44. The molecule has 0 saturated carbocycles. The Morgan fingerprint density at radius 1 is 1.45 bits per heavy atom. The van der Waals surface area contributed by atoms with Crippen molar-refractivity contribution in [2.24, 2.45) is 5.84 Å². The number of nitrogens with two attached hydrogens (primary N) is 1. The van der Waals surface area contributed by atoms with Crippen molar-refractivity contribution in [2.75, 3.05) is 18.6 Å². The number of aromatic nitrogens is 2. The van der Waals surface area contributed by atoms with Crippen molar-refractivity contribution in [2.45, 2.75) is 32.3 Å². The first-order chi connectivity index (χ1) is 9.80. The maximum Gasteiger partial charge on any atom is 0.241 e. The van der Waals surface area contributed by atoms with Gasteiger partial charge < -0.3 is 9.47 Å². The maximum absolute atomic E-state index is 6.05. The van der Waals surface area contributed by atoms with E-state index in [2.05, 4.69) is 28.4 Å². The van der Waals surface area contributed by atoms with Gasteiger partial charge in [0.1, 0.15) is 10.9 Å². The first kappa shape index (κ1) is 13.5. The maximum atomic E-state index is 6.05. The highest BCUT2D eigenvalue weighted by atomic mass is 32.1. The largest absolute Gasteiger partial charge is 0.474 e. The van der Waals surface area contributed by atoms with Crippen molar-refractivity contribution in [3.8, 4) is 5.88 Å². The third kappa shape index (κ3) is 2.70. The lowest BCUT2D eigenvalue weighted by molar-refractivity contribution is 0.0244. The molecule has 1 aliphatic heterocycles. The molecule has 0 aromatic carbocycles. The molecule has 0 radical (unpaired) electrons. The van der Waals surface area contributed by atoms with Crippen LogP contribution in [0, 0.1) is 0 Å². The summed E-state index contributed by atoms with van der Waals surface area (Å²) in [6, 6.07) is 2.11. The third-order valence-corrected chi connectivity index (χ3v) is 4.51. The number of hydrogen-bond acceptors (Lipinski definition) is 7. The van der Waals surface area contributed by atoms with Crippen molar-refractivity contribution in [1.82, 2.24) is 9.97 Å². The number of thiophene rings is 1. The average Bonchev–Trinajstić information content (AvgIpc) is 2.91. The summed E-state index contributed by atoms with van der Waals surface area (Å²) in [4.78, 5) is 10.9. The second kappa shape index (κ2) is 5.90. The number of fused-ring (bicyclic) bond motifs is 1. The summed E-state index contributed by atoms with van der Waals surface area (Å²) in [5.41, 5.74) is 2.50. The number of rotatable bonds is 4. The van der Waals surface area contributed by atoms with Crippen molar-refractivity contribution in [3.63, 3.8) is 0 Å². The van der Waals surface area contributed by atoms with Gasteiger partial charge in [-0.2, -0.15) is 4.98 Å². The lowest BCUT2D eigenvalue weighted by Gasteiger charge is -2.23.